The number of para-hydroxylation sites is 1. The Labute approximate surface area is 131 Å². The summed E-state index contributed by atoms with van der Waals surface area (Å²) in [5.74, 6) is 0.887. The molecule has 22 heavy (non-hydrogen) atoms. The molecule has 0 radical (unpaired) electrons. The Morgan fingerprint density at radius 3 is 2.68 bits per heavy atom. The molecular weight excluding hydrogens is 272 g/mol. The lowest BCUT2D eigenvalue weighted by Gasteiger charge is -2.09. The molecule has 3 N–H and O–H groups in total. The third kappa shape index (κ3) is 3.15. The zero-order chi connectivity index (χ0) is 15.4. The van der Waals surface area contributed by atoms with Crippen LogP contribution in [-0.2, 0) is 13.0 Å². The monoisotopic (exact) mass is 294 g/mol. The van der Waals surface area contributed by atoms with E-state index in [0.29, 0.717) is 6.61 Å². The largest absolute Gasteiger partial charge is 0.487 e. The molecule has 0 saturated heterocycles. The molecule has 1 atom stereocenters. The summed E-state index contributed by atoms with van der Waals surface area (Å²) in [7, 11) is 0. The molecule has 1 aromatic heterocycles. The first-order valence-corrected chi connectivity index (χ1v) is 7.79. The van der Waals surface area contributed by atoms with Crippen LogP contribution in [-0.4, -0.2) is 11.0 Å². The van der Waals surface area contributed by atoms with Crippen molar-refractivity contribution >= 4 is 10.9 Å². The molecule has 0 amide bonds. The summed E-state index contributed by atoms with van der Waals surface area (Å²) in [4.78, 5) is 3.34. The SMILES string of the molecule is CC[C@@H](N)Cc1c[nH]c2c(OCc3ccccc3)cccc12. The molecule has 3 rings (SSSR count). The molecule has 0 aliphatic rings. The Morgan fingerprint density at radius 1 is 1.09 bits per heavy atom. The van der Waals surface area contributed by atoms with E-state index >= 15 is 0 Å². The van der Waals surface area contributed by atoms with Crippen molar-refractivity contribution < 1.29 is 4.74 Å². The van der Waals surface area contributed by atoms with Gasteiger partial charge in [-0.15, -0.1) is 0 Å². The summed E-state index contributed by atoms with van der Waals surface area (Å²) < 4.78 is 5.99. The summed E-state index contributed by atoms with van der Waals surface area (Å²) in [6.45, 7) is 2.69. The summed E-state index contributed by atoms with van der Waals surface area (Å²) in [6, 6.07) is 16.6. The van der Waals surface area contributed by atoms with Crippen LogP contribution in [0.15, 0.2) is 54.7 Å². The van der Waals surface area contributed by atoms with Crippen molar-refractivity contribution in [2.75, 3.05) is 0 Å². The molecule has 114 valence electrons. The first-order valence-electron chi connectivity index (χ1n) is 7.79. The van der Waals surface area contributed by atoms with Crippen LogP contribution in [0.1, 0.15) is 24.5 Å². The van der Waals surface area contributed by atoms with E-state index in [1.54, 1.807) is 0 Å². The topological polar surface area (TPSA) is 51.0 Å². The Morgan fingerprint density at radius 2 is 1.91 bits per heavy atom. The molecular formula is C19H22N2O. The average Bonchev–Trinajstić information content (AvgIpc) is 2.97. The Bertz CT molecular complexity index is 734. The molecule has 0 fully saturated rings. The first kappa shape index (κ1) is 14.7. The number of hydrogen-bond donors (Lipinski definition) is 2. The fraction of sp³-hybridized carbons (Fsp3) is 0.263. The normalized spacial score (nSPS) is 12.5. The highest BCUT2D eigenvalue weighted by atomic mass is 16.5. The smallest absolute Gasteiger partial charge is 0.143 e. The Hall–Kier alpha value is -2.26. The van der Waals surface area contributed by atoms with Gasteiger partial charge in [-0.05, 0) is 30.0 Å². The van der Waals surface area contributed by atoms with Gasteiger partial charge in [-0.25, -0.2) is 0 Å². The van der Waals surface area contributed by atoms with Crippen LogP contribution in [0.25, 0.3) is 10.9 Å². The van der Waals surface area contributed by atoms with Gasteiger partial charge in [-0.3, -0.25) is 0 Å². The van der Waals surface area contributed by atoms with Gasteiger partial charge in [0.25, 0.3) is 0 Å². The van der Waals surface area contributed by atoms with E-state index in [1.807, 2.05) is 30.3 Å². The summed E-state index contributed by atoms with van der Waals surface area (Å²) in [5.41, 5.74) is 9.56. The van der Waals surface area contributed by atoms with Gasteiger partial charge < -0.3 is 15.5 Å². The highest BCUT2D eigenvalue weighted by Crippen LogP contribution is 2.28. The van der Waals surface area contributed by atoms with E-state index < -0.39 is 0 Å². The molecule has 3 nitrogen and oxygen atoms in total. The summed E-state index contributed by atoms with van der Waals surface area (Å²) >= 11 is 0. The van der Waals surface area contributed by atoms with Gasteiger partial charge in [0.1, 0.15) is 12.4 Å². The van der Waals surface area contributed by atoms with Gasteiger partial charge in [-0.2, -0.15) is 0 Å². The molecule has 0 spiro atoms. The molecule has 3 heteroatoms. The van der Waals surface area contributed by atoms with Crippen LogP contribution in [0.3, 0.4) is 0 Å². The number of H-pyrrole nitrogens is 1. The zero-order valence-electron chi connectivity index (χ0n) is 12.9. The maximum absolute atomic E-state index is 6.08. The van der Waals surface area contributed by atoms with Crippen molar-refractivity contribution in [2.24, 2.45) is 5.73 Å². The minimum absolute atomic E-state index is 0.202. The van der Waals surface area contributed by atoms with Crippen molar-refractivity contribution in [3.8, 4) is 5.75 Å². The van der Waals surface area contributed by atoms with E-state index in [0.717, 1.165) is 24.1 Å². The van der Waals surface area contributed by atoms with Crippen LogP contribution in [0.2, 0.25) is 0 Å². The minimum Gasteiger partial charge on any atom is -0.487 e. The van der Waals surface area contributed by atoms with Gasteiger partial charge in [0.2, 0.25) is 0 Å². The van der Waals surface area contributed by atoms with Crippen molar-refractivity contribution in [3.05, 3.63) is 65.9 Å². The number of benzene rings is 2. The van der Waals surface area contributed by atoms with Crippen LogP contribution in [0.5, 0.6) is 5.75 Å². The third-order valence-electron chi connectivity index (χ3n) is 4.01. The second-order valence-electron chi connectivity index (χ2n) is 5.64. The second kappa shape index (κ2) is 6.67. The van der Waals surface area contributed by atoms with Crippen LogP contribution >= 0.6 is 0 Å². The van der Waals surface area contributed by atoms with E-state index in [4.69, 9.17) is 10.5 Å². The van der Waals surface area contributed by atoms with Gasteiger partial charge >= 0.3 is 0 Å². The highest BCUT2D eigenvalue weighted by molar-refractivity contribution is 5.88. The number of ether oxygens (including phenoxy) is 1. The summed E-state index contributed by atoms with van der Waals surface area (Å²) in [6.07, 6.45) is 3.92. The number of aromatic amines is 1. The molecule has 0 bridgehead atoms. The zero-order valence-corrected chi connectivity index (χ0v) is 12.9. The third-order valence-corrected chi connectivity index (χ3v) is 4.01. The highest BCUT2D eigenvalue weighted by Gasteiger charge is 2.10. The molecule has 0 aliphatic carbocycles. The quantitative estimate of drug-likeness (QED) is 0.721. The molecule has 0 saturated carbocycles. The molecule has 3 aromatic rings. The molecule has 2 aromatic carbocycles. The number of nitrogens with one attached hydrogen (secondary N) is 1. The molecule has 0 unspecified atom stereocenters. The Balaban J connectivity index is 1.82. The average molecular weight is 294 g/mol. The van der Waals surface area contributed by atoms with Crippen LogP contribution in [0.4, 0.5) is 0 Å². The van der Waals surface area contributed by atoms with Crippen molar-refractivity contribution in [1.29, 1.82) is 0 Å². The van der Waals surface area contributed by atoms with Crippen molar-refractivity contribution in [1.82, 2.24) is 4.98 Å². The number of fused-ring (bicyclic) bond motifs is 1. The molecule has 1 heterocycles. The van der Waals surface area contributed by atoms with E-state index in [1.165, 1.54) is 16.5 Å². The predicted molar refractivity (Wildman–Crippen MR) is 91.0 cm³/mol. The predicted octanol–water partition coefficient (Wildman–Crippen LogP) is 4.03. The summed E-state index contributed by atoms with van der Waals surface area (Å²) in [5, 5.41) is 1.20. The van der Waals surface area contributed by atoms with Crippen LogP contribution < -0.4 is 10.5 Å². The maximum Gasteiger partial charge on any atom is 0.143 e. The van der Waals surface area contributed by atoms with E-state index in [9.17, 15) is 0 Å². The standard InChI is InChI=1S/C19H22N2O/c1-2-16(20)11-15-12-21-19-17(15)9-6-10-18(19)22-13-14-7-4-3-5-8-14/h3-10,12,16,21H,2,11,13,20H2,1H3/t16-/m1/s1. The number of nitrogens with two attached hydrogens (primary N) is 1. The maximum atomic E-state index is 6.08. The van der Waals surface area contributed by atoms with Gasteiger partial charge in [-0.1, -0.05) is 49.4 Å². The van der Waals surface area contributed by atoms with Gasteiger partial charge in [0, 0.05) is 17.6 Å². The number of aromatic nitrogens is 1. The minimum atomic E-state index is 0.202. The van der Waals surface area contributed by atoms with Gasteiger partial charge in [0.15, 0.2) is 0 Å². The fourth-order valence-corrected chi connectivity index (χ4v) is 2.64. The van der Waals surface area contributed by atoms with E-state index in [2.05, 4.69) is 36.3 Å². The van der Waals surface area contributed by atoms with Crippen LogP contribution in [0, 0.1) is 0 Å². The Kier molecular flexibility index (Phi) is 4.45. The molecule has 0 aliphatic heterocycles. The lowest BCUT2D eigenvalue weighted by Crippen LogP contribution is -2.21. The first-order chi connectivity index (χ1) is 10.8. The number of rotatable bonds is 6. The lowest BCUT2D eigenvalue weighted by atomic mass is 10.0. The van der Waals surface area contributed by atoms with Crippen molar-refractivity contribution in [2.45, 2.75) is 32.4 Å². The fourth-order valence-electron chi connectivity index (χ4n) is 2.64. The lowest BCUT2D eigenvalue weighted by molar-refractivity contribution is 0.309. The van der Waals surface area contributed by atoms with E-state index in [-0.39, 0.29) is 6.04 Å². The van der Waals surface area contributed by atoms with Crippen molar-refractivity contribution in [3.63, 3.8) is 0 Å². The number of hydrogen-bond acceptors (Lipinski definition) is 2. The van der Waals surface area contributed by atoms with Gasteiger partial charge in [0.05, 0.1) is 5.52 Å². The second-order valence-corrected chi connectivity index (χ2v) is 5.64.